The molecule has 0 aliphatic rings. The van der Waals surface area contributed by atoms with Gasteiger partial charge in [-0.25, -0.2) is 4.79 Å². The van der Waals surface area contributed by atoms with Crippen LogP contribution in [-0.2, 0) is 17.9 Å². The smallest absolute Gasteiger partial charge is 0.407 e. The number of nitrogens with one attached hydrogen (secondary N) is 1. The summed E-state index contributed by atoms with van der Waals surface area (Å²) in [7, 11) is 3.21. The number of ether oxygens (including phenoxy) is 3. The van der Waals surface area contributed by atoms with Crippen molar-refractivity contribution >= 4 is 6.09 Å². The molecular weight excluding hydrogens is 294 g/mol. The Balaban J connectivity index is 1.93. The fourth-order valence-corrected chi connectivity index (χ4v) is 2.19. The molecule has 0 radical (unpaired) electrons. The third-order valence-electron chi connectivity index (χ3n) is 3.43. The number of methoxy groups -OCH3 is 2. The molecule has 0 heterocycles. The van der Waals surface area contributed by atoms with Crippen LogP contribution in [0.1, 0.15) is 16.7 Å². The van der Waals surface area contributed by atoms with Gasteiger partial charge in [0.15, 0.2) is 0 Å². The SMILES string of the molecule is COc1cc(CNC(=O)OCc2ccccc2)c(OC)cc1C. The lowest BCUT2D eigenvalue weighted by Gasteiger charge is -2.13. The number of hydrogen-bond donors (Lipinski definition) is 1. The molecule has 0 aliphatic carbocycles. The van der Waals surface area contributed by atoms with E-state index in [1.807, 2.05) is 49.4 Å². The molecule has 1 amide bonds. The second-order valence-electron chi connectivity index (χ2n) is 5.05. The van der Waals surface area contributed by atoms with E-state index in [2.05, 4.69) is 5.32 Å². The summed E-state index contributed by atoms with van der Waals surface area (Å²) in [4.78, 5) is 11.8. The molecule has 2 rings (SSSR count). The molecule has 2 aromatic carbocycles. The lowest BCUT2D eigenvalue weighted by Crippen LogP contribution is -2.24. The Labute approximate surface area is 136 Å². The van der Waals surface area contributed by atoms with Crippen LogP contribution in [0, 0.1) is 6.92 Å². The predicted octanol–water partition coefficient (Wildman–Crippen LogP) is 3.44. The number of alkyl carbamates (subject to hydrolysis) is 1. The molecule has 122 valence electrons. The van der Waals surface area contributed by atoms with Gasteiger partial charge >= 0.3 is 6.09 Å². The van der Waals surface area contributed by atoms with Gasteiger partial charge in [0.2, 0.25) is 0 Å². The minimum absolute atomic E-state index is 0.237. The third kappa shape index (κ3) is 4.64. The van der Waals surface area contributed by atoms with Crippen LogP contribution in [0.5, 0.6) is 11.5 Å². The van der Waals surface area contributed by atoms with Gasteiger partial charge in [-0.05, 0) is 30.2 Å². The maximum absolute atomic E-state index is 11.8. The van der Waals surface area contributed by atoms with Crippen LogP contribution in [-0.4, -0.2) is 20.3 Å². The zero-order valence-corrected chi connectivity index (χ0v) is 13.6. The highest BCUT2D eigenvalue weighted by molar-refractivity contribution is 5.67. The van der Waals surface area contributed by atoms with Gasteiger partial charge in [-0.1, -0.05) is 30.3 Å². The van der Waals surface area contributed by atoms with Gasteiger partial charge in [0, 0.05) is 12.1 Å². The van der Waals surface area contributed by atoms with Crippen molar-refractivity contribution in [1.82, 2.24) is 5.32 Å². The lowest BCUT2D eigenvalue weighted by molar-refractivity contribution is 0.139. The van der Waals surface area contributed by atoms with Crippen molar-refractivity contribution in [3.8, 4) is 11.5 Å². The van der Waals surface area contributed by atoms with Crippen LogP contribution in [0.25, 0.3) is 0 Å². The van der Waals surface area contributed by atoms with E-state index in [0.29, 0.717) is 12.3 Å². The fourth-order valence-electron chi connectivity index (χ4n) is 2.19. The molecule has 0 fully saturated rings. The second-order valence-corrected chi connectivity index (χ2v) is 5.05. The van der Waals surface area contributed by atoms with Gasteiger partial charge in [0.25, 0.3) is 0 Å². The van der Waals surface area contributed by atoms with E-state index >= 15 is 0 Å². The first-order valence-corrected chi connectivity index (χ1v) is 7.30. The van der Waals surface area contributed by atoms with Crippen molar-refractivity contribution in [2.24, 2.45) is 0 Å². The Morgan fingerprint density at radius 2 is 1.74 bits per heavy atom. The summed E-state index contributed by atoms with van der Waals surface area (Å²) in [6.07, 6.45) is -0.476. The molecular formula is C18H21NO4. The first-order valence-electron chi connectivity index (χ1n) is 7.30. The monoisotopic (exact) mass is 315 g/mol. The van der Waals surface area contributed by atoms with Crippen LogP contribution in [0.2, 0.25) is 0 Å². The maximum atomic E-state index is 11.8. The highest BCUT2D eigenvalue weighted by Gasteiger charge is 2.10. The standard InChI is InChI=1S/C18H21NO4/c1-13-9-17(22-3)15(10-16(13)21-2)11-19-18(20)23-12-14-7-5-4-6-8-14/h4-10H,11-12H2,1-3H3,(H,19,20). The highest BCUT2D eigenvalue weighted by Crippen LogP contribution is 2.28. The van der Waals surface area contributed by atoms with E-state index < -0.39 is 6.09 Å². The Kier molecular flexibility index (Phi) is 5.86. The molecule has 5 heteroatoms. The number of hydrogen-bond acceptors (Lipinski definition) is 4. The fraction of sp³-hybridized carbons (Fsp3) is 0.278. The van der Waals surface area contributed by atoms with Gasteiger partial charge in [-0.15, -0.1) is 0 Å². The number of amides is 1. The summed E-state index contributed by atoms with van der Waals surface area (Å²) in [6, 6.07) is 13.3. The Morgan fingerprint density at radius 1 is 1.04 bits per heavy atom. The Hall–Kier alpha value is -2.69. The van der Waals surface area contributed by atoms with E-state index in [-0.39, 0.29) is 6.61 Å². The Bertz CT molecular complexity index is 656. The molecule has 0 unspecified atom stereocenters. The largest absolute Gasteiger partial charge is 0.496 e. The summed E-state index contributed by atoms with van der Waals surface area (Å²) >= 11 is 0. The molecule has 0 aliphatic heterocycles. The van der Waals surface area contributed by atoms with Crippen molar-refractivity contribution in [3.05, 3.63) is 59.2 Å². The summed E-state index contributed by atoms with van der Waals surface area (Å²) in [5.74, 6) is 1.45. The Morgan fingerprint density at radius 3 is 2.39 bits per heavy atom. The van der Waals surface area contributed by atoms with Gasteiger partial charge in [-0.3, -0.25) is 0 Å². The summed E-state index contributed by atoms with van der Waals surface area (Å²) < 4.78 is 15.8. The van der Waals surface area contributed by atoms with Gasteiger partial charge in [-0.2, -0.15) is 0 Å². The molecule has 5 nitrogen and oxygen atoms in total. The quantitative estimate of drug-likeness (QED) is 0.887. The van der Waals surface area contributed by atoms with E-state index in [4.69, 9.17) is 14.2 Å². The molecule has 23 heavy (non-hydrogen) atoms. The number of benzene rings is 2. The minimum atomic E-state index is -0.476. The average Bonchev–Trinajstić information content (AvgIpc) is 2.59. The highest BCUT2D eigenvalue weighted by atomic mass is 16.5. The second kappa shape index (κ2) is 8.08. The first-order chi connectivity index (χ1) is 11.1. The van der Waals surface area contributed by atoms with E-state index in [1.165, 1.54) is 0 Å². The molecule has 1 N–H and O–H groups in total. The molecule has 0 saturated heterocycles. The molecule has 0 spiro atoms. The topological polar surface area (TPSA) is 56.8 Å². The number of carbonyl (C=O) groups excluding carboxylic acids is 1. The zero-order chi connectivity index (χ0) is 16.7. The van der Waals surface area contributed by atoms with Crippen molar-refractivity contribution in [1.29, 1.82) is 0 Å². The van der Waals surface area contributed by atoms with E-state index in [9.17, 15) is 4.79 Å². The summed E-state index contributed by atoms with van der Waals surface area (Å²) in [5, 5.41) is 2.72. The van der Waals surface area contributed by atoms with Crippen LogP contribution in [0.15, 0.2) is 42.5 Å². The number of rotatable bonds is 6. The first kappa shape index (κ1) is 16.7. The van der Waals surface area contributed by atoms with E-state index in [1.54, 1.807) is 14.2 Å². The van der Waals surface area contributed by atoms with Crippen LogP contribution < -0.4 is 14.8 Å². The molecule has 0 atom stereocenters. The number of carbonyl (C=O) groups is 1. The molecule has 0 saturated carbocycles. The van der Waals surface area contributed by atoms with Crippen LogP contribution in [0.4, 0.5) is 4.79 Å². The normalized spacial score (nSPS) is 10.0. The predicted molar refractivity (Wildman–Crippen MR) is 87.7 cm³/mol. The third-order valence-corrected chi connectivity index (χ3v) is 3.43. The van der Waals surface area contributed by atoms with Crippen molar-refractivity contribution in [2.45, 2.75) is 20.1 Å². The van der Waals surface area contributed by atoms with E-state index in [0.717, 1.165) is 22.4 Å². The van der Waals surface area contributed by atoms with Gasteiger partial charge in [0.05, 0.1) is 14.2 Å². The average molecular weight is 315 g/mol. The molecule has 0 aromatic heterocycles. The zero-order valence-electron chi connectivity index (χ0n) is 13.6. The molecule has 0 bridgehead atoms. The van der Waals surface area contributed by atoms with Gasteiger partial charge < -0.3 is 19.5 Å². The van der Waals surface area contributed by atoms with Crippen LogP contribution >= 0.6 is 0 Å². The summed E-state index contributed by atoms with van der Waals surface area (Å²) in [6.45, 7) is 2.47. The van der Waals surface area contributed by atoms with Crippen molar-refractivity contribution < 1.29 is 19.0 Å². The van der Waals surface area contributed by atoms with Crippen molar-refractivity contribution in [3.63, 3.8) is 0 Å². The number of aryl methyl sites for hydroxylation is 1. The summed E-state index contributed by atoms with van der Waals surface area (Å²) in [5.41, 5.74) is 2.74. The lowest BCUT2D eigenvalue weighted by atomic mass is 10.1. The minimum Gasteiger partial charge on any atom is -0.496 e. The van der Waals surface area contributed by atoms with Crippen LogP contribution in [0.3, 0.4) is 0 Å². The van der Waals surface area contributed by atoms with Gasteiger partial charge in [0.1, 0.15) is 18.1 Å². The van der Waals surface area contributed by atoms with Crippen molar-refractivity contribution in [2.75, 3.05) is 14.2 Å². The molecule has 2 aromatic rings. The maximum Gasteiger partial charge on any atom is 0.407 e.